The van der Waals surface area contributed by atoms with Crippen LogP contribution in [-0.4, -0.2) is 19.3 Å². The van der Waals surface area contributed by atoms with E-state index < -0.39 is 10.1 Å². The molecule has 0 saturated carbocycles. The van der Waals surface area contributed by atoms with Crippen molar-refractivity contribution in [2.75, 3.05) is 5.32 Å². The third-order valence-corrected chi connectivity index (χ3v) is 6.99. The standard InChI is InChI=1S/C29H22N2O4S/c1-20-9-15-24(16-10-20)36(33,34)35-27-18-17-26(28-25(27)8-5-19-30-28)31-29(32)23-13-11-22(12-14-23)21-6-3-2-4-7-21/h2-19H,1H3,(H,31,32). The van der Waals surface area contributed by atoms with Crippen molar-refractivity contribution in [3.63, 3.8) is 0 Å². The SMILES string of the molecule is Cc1ccc(S(=O)(=O)Oc2ccc(NC(=O)c3ccc(-c4ccccc4)cc3)c3ncccc23)cc1. The van der Waals surface area contributed by atoms with Crippen LogP contribution < -0.4 is 9.50 Å². The van der Waals surface area contributed by atoms with Crippen molar-refractivity contribution in [3.05, 3.63) is 120 Å². The molecule has 4 aromatic carbocycles. The molecule has 1 heterocycles. The lowest BCUT2D eigenvalue weighted by Crippen LogP contribution is -2.13. The Kier molecular flexibility index (Phi) is 6.23. The van der Waals surface area contributed by atoms with Crippen LogP contribution in [0.2, 0.25) is 0 Å². The Bertz CT molecular complexity index is 1650. The second-order valence-corrected chi connectivity index (χ2v) is 9.81. The maximum atomic E-state index is 13.0. The minimum Gasteiger partial charge on any atom is -0.378 e. The molecule has 5 aromatic rings. The summed E-state index contributed by atoms with van der Waals surface area (Å²) in [5, 5.41) is 3.35. The monoisotopic (exact) mass is 494 g/mol. The summed E-state index contributed by atoms with van der Waals surface area (Å²) in [6.45, 7) is 1.88. The summed E-state index contributed by atoms with van der Waals surface area (Å²) in [6.07, 6.45) is 1.57. The first-order valence-electron chi connectivity index (χ1n) is 11.3. The highest BCUT2D eigenvalue weighted by atomic mass is 32.2. The zero-order chi connectivity index (χ0) is 25.1. The second kappa shape index (κ2) is 9.64. The molecule has 0 radical (unpaired) electrons. The summed E-state index contributed by atoms with van der Waals surface area (Å²) < 4.78 is 31.1. The van der Waals surface area contributed by atoms with Crippen molar-refractivity contribution in [3.8, 4) is 16.9 Å². The Morgan fingerprint density at radius 3 is 2.19 bits per heavy atom. The summed E-state index contributed by atoms with van der Waals surface area (Å²) >= 11 is 0. The van der Waals surface area contributed by atoms with E-state index in [0.717, 1.165) is 16.7 Å². The average Bonchev–Trinajstić information content (AvgIpc) is 2.91. The molecule has 1 N–H and O–H groups in total. The fourth-order valence-electron chi connectivity index (χ4n) is 3.83. The van der Waals surface area contributed by atoms with Gasteiger partial charge in [-0.25, -0.2) is 0 Å². The molecule has 36 heavy (non-hydrogen) atoms. The number of pyridine rings is 1. The quantitative estimate of drug-likeness (QED) is 0.283. The fraction of sp³-hybridized carbons (Fsp3) is 0.0345. The summed E-state index contributed by atoms with van der Waals surface area (Å²) in [4.78, 5) is 17.4. The van der Waals surface area contributed by atoms with Crippen LogP contribution in [-0.2, 0) is 10.1 Å². The highest BCUT2D eigenvalue weighted by molar-refractivity contribution is 7.87. The number of hydrogen-bond acceptors (Lipinski definition) is 5. The summed E-state index contributed by atoms with van der Waals surface area (Å²) in [5.41, 5.74) is 4.37. The number of anilines is 1. The van der Waals surface area contributed by atoms with E-state index >= 15 is 0 Å². The molecule has 178 valence electrons. The summed E-state index contributed by atoms with van der Waals surface area (Å²) in [6, 6.07) is 30.1. The molecule has 0 aliphatic rings. The van der Waals surface area contributed by atoms with Crippen LogP contribution in [0.3, 0.4) is 0 Å². The Morgan fingerprint density at radius 2 is 1.47 bits per heavy atom. The highest BCUT2D eigenvalue weighted by Gasteiger charge is 2.19. The van der Waals surface area contributed by atoms with Crippen LogP contribution in [0.15, 0.2) is 114 Å². The van der Waals surface area contributed by atoms with Crippen LogP contribution in [0.4, 0.5) is 5.69 Å². The summed E-state index contributed by atoms with van der Waals surface area (Å²) in [7, 11) is -4.04. The number of hydrogen-bond donors (Lipinski definition) is 1. The number of benzene rings is 4. The number of rotatable bonds is 6. The molecule has 6 nitrogen and oxygen atoms in total. The number of nitrogens with one attached hydrogen (secondary N) is 1. The predicted octanol–water partition coefficient (Wildman–Crippen LogP) is 6.23. The van der Waals surface area contributed by atoms with Gasteiger partial charge in [-0.1, -0.05) is 60.2 Å². The smallest absolute Gasteiger partial charge is 0.339 e. The topological polar surface area (TPSA) is 85.4 Å². The molecule has 1 aromatic heterocycles. The van der Waals surface area contributed by atoms with Crippen LogP contribution >= 0.6 is 0 Å². The van der Waals surface area contributed by atoms with Gasteiger partial charge in [0.1, 0.15) is 4.90 Å². The predicted molar refractivity (Wildman–Crippen MR) is 141 cm³/mol. The Labute approximate surface area is 209 Å². The van der Waals surface area contributed by atoms with Crippen molar-refractivity contribution in [2.45, 2.75) is 11.8 Å². The molecular weight excluding hydrogens is 472 g/mol. The first-order chi connectivity index (χ1) is 17.4. The van der Waals surface area contributed by atoms with E-state index in [1.165, 1.54) is 18.2 Å². The molecule has 5 rings (SSSR count). The van der Waals surface area contributed by atoms with Gasteiger partial charge >= 0.3 is 10.1 Å². The molecule has 0 unspecified atom stereocenters. The van der Waals surface area contributed by atoms with Crippen LogP contribution in [0.5, 0.6) is 5.75 Å². The number of nitrogens with zero attached hydrogens (tertiary/aromatic N) is 1. The van der Waals surface area contributed by atoms with E-state index in [4.69, 9.17) is 4.18 Å². The minimum atomic E-state index is -4.04. The van der Waals surface area contributed by atoms with Crippen molar-refractivity contribution < 1.29 is 17.4 Å². The maximum Gasteiger partial charge on any atom is 0.339 e. The van der Waals surface area contributed by atoms with Crippen LogP contribution in [0.25, 0.3) is 22.0 Å². The molecule has 1 amide bonds. The van der Waals surface area contributed by atoms with Crippen molar-refractivity contribution in [1.82, 2.24) is 4.98 Å². The third-order valence-electron chi connectivity index (χ3n) is 5.74. The zero-order valence-corrected chi connectivity index (χ0v) is 20.2. The van der Waals surface area contributed by atoms with Gasteiger partial charge in [0, 0.05) is 17.1 Å². The molecular formula is C29H22N2O4S. The van der Waals surface area contributed by atoms with Gasteiger partial charge in [0.25, 0.3) is 5.91 Å². The maximum absolute atomic E-state index is 13.0. The number of aryl methyl sites for hydroxylation is 1. The van der Waals surface area contributed by atoms with E-state index in [1.54, 1.807) is 48.7 Å². The van der Waals surface area contributed by atoms with Gasteiger partial charge in [-0.05, 0) is 66.6 Å². The second-order valence-electron chi connectivity index (χ2n) is 8.26. The largest absolute Gasteiger partial charge is 0.378 e. The van der Waals surface area contributed by atoms with Crippen molar-refractivity contribution in [1.29, 1.82) is 0 Å². The zero-order valence-electron chi connectivity index (χ0n) is 19.4. The number of carbonyl (C=O) groups is 1. The van der Waals surface area contributed by atoms with Crippen LogP contribution in [0.1, 0.15) is 15.9 Å². The van der Waals surface area contributed by atoms with E-state index in [2.05, 4.69) is 10.3 Å². The number of fused-ring (bicyclic) bond motifs is 1. The summed E-state index contributed by atoms with van der Waals surface area (Å²) in [5.74, 6) is -0.175. The Morgan fingerprint density at radius 1 is 0.778 bits per heavy atom. The fourth-order valence-corrected chi connectivity index (χ4v) is 4.78. The first kappa shape index (κ1) is 23.3. The lowest BCUT2D eigenvalue weighted by molar-refractivity contribution is 0.102. The normalized spacial score (nSPS) is 11.2. The average molecular weight is 495 g/mol. The number of carbonyl (C=O) groups excluding carboxylic acids is 1. The molecule has 0 atom stereocenters. The van der Waals surface area contributed by atoms with Crippen molar-refractivity contribution in [2.24, 2.45) is 0 Å². The van der Waals surface area contributed by atoms with Gasteiger partial charge < -0.3 is 9.50 Å². The lowest BCUT2D eigenvalue weighted by atomic mass is 10.0. The molecule has 0 aliphatic carbocycles. The van der Waals surface area contributed by atoms with Gasteiger partial charge in [0.05, 0.1) is 11.2 Å². The molecule has 0 aliphatic heterocycles. The molecule has 0 saturated heterocycles. The van der Waals surface area contributed by atoms with Gasteiger partial charge in [0.2, 0.25) is 0 Å². The van der Waals surface area contributed by atoms with Gasteiger partial charge in [-0.2, -0.15) is 8.42 Å². The minimum absolute atomic E-state index is 0.0569. The highest BCUT2D eigenvalue weighted by Crippen LogP contribution is 2.32. The molecule has 0 fully saturated rings. The molecule has 7 heteroatoms. The van der Waals surface area contributed by atoms with Crippen LogP contribution in [0, 0.1) is 6.92 Å². The van der Waals surface area contributed by atoms with Gasteiger partial charge in [0.15, 0.2) is 5.75 Å². The molecule has 0 bridgehead atoms. The Hall–Kier alpha value is -4.49. The third kappa shape index (κ3) is 4.82. The van der Waals surface area contributed by atoms with E-state index in [0.29, 0.717) is 22.2 Å². The van der Waals surface area contributed by atoms with E-state index in [9.17, 15) is 13.2 Å². The first-order valence-corrected chi connectivity index (χ1v) is 12.7. The van der Waals surface area contributed by atoms with E-state index in [1.807, 2.05) is 49.4 Å². The number of amides is 1. The van der Waals surface area contributed by atoms with Crippen molar-refractivity contribution >= 4 is 32.6 Å². The number of aromatic nitrogens is 1. The Balaban J connectivity index is 1.41. The van der Waals surface area contributed by atoms with Gasteiger partial charge in [-0.15, -0.1) is 0 Å². The van der Waals surface area contributed by atoms with Gasteiger partial charge in [-0.3, -0.25) is 9.78 Å². The molecule has 0 spiro atoms. The van der Waals surface area contributed by atoms with E-state index in [-0.39, 0.29) is 16.6 Å². The lowest BCUT2D eigenvalue weighted by Gasteiger charge is -2.13.